The van der Waals surface area contributed by atoms with Gasteiger partial charge in [0.05, 0.1) is 18.9 Å². The number of thioether (sulfide) groups is 1. The Bertz CT molecular complexity index is 1190. The van der Waals surface area contributed by atoms with Crippen LogP contribution in [0.3, 0.4) is 0 Å². The molecule has 0 N–H and O–H groups in total. The van der Waals surface area contributed by atoms with Crippen LogP contribution in [0.25, 0.3) is 17.0 Å². The average molecular weight is 430 g/mol. The summed E-state index contributed by atoms with van der Waals surface area (Å²) < 4.78 is 46.2. The standard InChI is InChI=1S/C21H17F3N4OS/c1-29-17-8-6-13(7-9-17)10-15-12-25-28-18(26-20(30-2)27-19(15)28)14-4-3-5-16(11-14)21(22,23)24/h3-9,11-12H,10H2,1-2H3. The maximum absolute atomic E-state index is 13.2. The molecule has 30 heavy (non-hydrogen) atoms. The predicted molar refractivity (Wildman–Crippen MR) is 109 cm³/mol. The number of nitrogens with zero attached hydrogens (tertiary/aromatic N) is 4. The summed E-state index contributed by atoms with van der Waals surface area (Å²) in [6, 6.07) is 12.7. The van der Waals surface area contributed by atoms with Gasteiger partial charge in [0.1, 0.15) is 5.75 Å². The van der Waals surface area contributed by atoms with Gasteiger partial charge in [-0.05, 0) is 36.1 Å². The van der Waals surface area contributed by atoms with Gasteiger partial charge in [-0.3, -0.25) is 0 Å². The molecule has 0 unspecified atom stereocenters. The molecule has 0 atom stereocenters. The van der Waals surface area contributed by atoms with Crippen molar-refractivity contribution < 1.29 is 17.9 Å². The maximum Gasteiger partial charge on any atom is 0.416 e. The van der Waals surface area contributed by atoms with E-state index in [1.807, 2.05) is 30.5 Å². The first-order chi connectivity index (χ1) is 14.4. The van der Waals surface area contributed by atoms with Gasteiger partial charge in [-0.1, -0.05) is 36.0 Å². The predicted octanol–water partition coefficient (Wildman–Crippen LogP) is 5.13. The minimum atomic E-state index is -4.44. The normalized spacial score (nSPS) is 11.8. The Labute approximate surface area is 174 Å². The monoisotopic (exact) mass is 430 g/mol. The van der Waals surface area contributed by atoms with Crippen LogP contribution in [-0.2, 0) is 12.6 Å². The summed E-state index contributed by atoms with van der Waals surface area (Å²) in [4.78, 5) is 8.97. The molecule has 0 saturated heterocycles. The van der Waals surface area contributed by atoms with Crippen LogP contribution in [-0.4, -0.2) is 32.9 Å². The zero-order chi connectivity index (χ0) is 21.3. The molecule has 0 spiro atoms. The van der Waals surface area contributed by atoms with E-state index in [1.54, 1.807) is 19.4 Å². The van der Waals surface area contributed by atoms with Crippen molar-refractivity contribution in [3.8, 4) is 17.1 Å². The minimum Gasteiger partial charge on any atom is -0.497 e. The second kappa shape index (κ2) is 7.98. The Morgan fingerprint density at radius 2 is 1.83 bits per heavy atom. The number of aromatic nitrogens is 4. The molecule has 154 valence electrons. The minimum absolute atomic E-state index is 0.316. The van der Waals surface area contributed by atoms with Crippen LogP contribution in [0.5, 0.6) is 5.75 Å². The number of methoxy groups -OCH3 is 1. The lowest BCUT2D eigenvalue weighted by Gasteiger charge is -2.10. The lowest BCUT2D eigenvalue weighted by molar-refractivity contribution is -0.137. The van der Waals surface area contributed by atoms with Crippen molar-refractivity contribution in [2.75, 3.05) is 13.4 Å². The smallest absolute Gasteiger partial charge is 0.416 e. The Kier molecular flexibility index (Phi) is 5.38. The second-order valence-electron chi connectivity index (χ2n) is 6.54. The molecular weight excluding hydrogens is 413 g/mol. The molecule has 4 aromatic rings. The highest BCUT2D eigenvalue weighted by Crippen LogP contribution is 2.32. The summed E-state index contributed by atoms with van der Waals surface area (Å²) in [5, 5.41) is 4.83. The van der Waals surface area contributed by atoms with Crippen LogP contribution in [0.15, 0.2) is 59.9 Å². The van der Waals surface area contributed by atoms with Crippen molar-refractivity contribution in [3.05, 3.63) is 71.4 Å². The van der Waals surface area contributed by atoms with Crippen molar-refractivity contribution >= 4 is 17.4 Å². The number of alkyl halides is 3. The fourth-order valence-electron chi connectivity index (χ4n) is 3.10. The van der Waals surface area contributed by atoms with Crippen molar-refractivity contribution in [1.29, 1.82) is 0 Å². The zero-order valence-electron chi connectivity index (χ0n) is 16.1. The molecule has 0 aliphatic rings. The Morgan fingerprint density at radius 3 is 2.50 bits per heavy atom. The van der Waals surface area contributed by atoms with Gasteiger partial charge < -0.3 is 4.74 Å². The quantitative estimate of drug-likeness (QED) is 0.411. The van der Waals surface area contributed by atoms with Crippen molar-refractivity contribution in [1.82, 2.24) is 19.6 Å². The number of hydrogen-bond acceptors (Lipinski definition) is 5. The summed E-state index contributed by atoms with van der Waals surface area (Å²) in [6.45, 7) is 0. The van der Waals surface area contributed by atoms with Crippen LogP contribution in [0.1, 0.15) is 16.7 Å². The Hall–Kier alpha value is -3.07. The molecule has 0 saturated carbocycles. The number of fused-ring (bicyclic) bond motifs is 1. The molecule has 2 aromatic carbocycles. The van der Waals surface area contributed by atoms with Crippen LogP contribution in [0.2, 0.25) is 0 Å². The molecule has 0 aliphatic carbocycles. The van der Waals surface area contributed by atoms with Gasteiger partial charge in [-0.15, -0.1) is 0 Å². The van der Waals surface area contributed by atoms with E-state index in [9.17, 15) is 13.2 Å². The largest absolute Gasteiger partial charge is 0.497 e. The van der Waals surface area contributed by atoms with Crippen molar-refractivity contribution in [3.63, 3.8) is 0 Å². The summed E-state index contributed by atoms with van der Waals surface area (Å²) in [6.07, 6.45) is -0.370. The highest BCUT2D eigenvalue weighted by molar-refractivity contribution is 7.98. The lowest BCUT2D eigenvalue weighted by atomic mass is 10.1. The number of halogens is 3. The zero-order valence-corrected chi connectivity index (χ0v) is 17.0. The Balaban J connectivity index is 1.80. The van der Waals surface area contributed by atoms with Crippen LogP contribution in [0, 0.1) is 0 Å². The molecule has 9 heteroatoms. The van der Waals surface area contributed by atoms with Crippen molar-refractivity contribution in [2.24, 2.45) is 0 Å². The fourth-order valence-corrected chi connectivity index (χ4v) is 3.46. The van der Waals surface area contributed by atoms with E-state index in [0.29, 0.717) is 28.6 Å². The van der Waals surface area contributed by atoms with Gasteiger partial charge in [0, 0.05) is 17.5 Å². The van der Waals surface area contributed by atoms with E-state index < -0.39 is 11.7 Å². The van der Waals surface area contributed by atoms with Gasteiger partial charge in [-0.2, -0.15) is 22.8 Å². The molecule has 2 aromatic heterocycles. The molecular formula is C21H17F3N4OS. The van der Waals surface area contributed by atoms with Gasteiger partial charge in [0.25, 0.3) is 0 Å². The van der Waals surface area contributed by atoms with E-state index in [-0.39, 0.29) is 0 Å². The third kappa shape index (κ3) is 3.97. The molecule has 0 bridgehead atoms. The van der Waals surface area contributed by atoms with E-state index in [4.69, 9.17) is 4.74 Å². The summed E-state index contributed by atoms with van der Waals surface area (Å²) in [5.74, 6) is 1.08. The van der Waals surface area contributed by atoms with E-state index in [0.717, 1.165) is 29.0 Å². The van der Waals surface area contributed by atoms with Crippen LogP contribution in [0.4, 0.5) is 13.2 Å². The van der Waals surface area contributed by atoms with Gasteiger partial charge in [0.2, 0.25) is 0 Å². The maximum atomic E-state index is 13.2. The van der Waals surface area contributed by atoms with Crippen LogP contribution >= 0.6 is 11.8 Å². The first kappa shape index (κ1) is 20.2. The number of rotatable bonds is 5. The second-order valence-corrected chi connectivity index (χ2v) is 7.32. The van der Waals surface area contributed by atoms with Gasteiger partial charge in [0.15, 0.2) is 16.6 Å². The van der Waals surface area contributed by atoms with Gasteiger partial charge >= 0.3 is 6.18 Å². The first-order valence-electron chi connectivity index (χ1n) is 8.98. The fraction of sp³-hybridized carbons (Fsp3) is 0.190. The number of ether oxygens (including phenoxy) is 1. The molecule has 0 radical (unpaired) electrons. The van der Waals surface area contributed by atoms with Crippen molar-refractivity contribution in [2.45, 2.75) is 17.8 Å². The lowest BCUT2D eigenvalue weighted by Crippen LogP contribution is -2.06. The third-order valence-electron chi connectivity index (χ3n) is 4.60. The van der Waals surface area contributed by atoms with Crippen LogP contribution < -0.4 is 4.74 Å². The molecule has 4 rings (SSSR count). The summed E-state index contributed by atoms with van der Waals surface area (Å²) in [7, 11) is 1.61. The average Bonchev–Trinajstić information content (AvgIpc) is 3.15. The summed E-state index contributed by atoms with van der Waals surface area (Å²) in [5.41, 5.74) is 2.05. The molecule has 5 nitrogen and oxygen atoms in total. The SMILES string of the molecule is COc1ccc(Cc2cnn3c(-c4cccc(C(F)(F)F)c4)nc(SC)nc23)cc1. The molecule has 0 amide bonds. The molecule has 2 heterocycles. The third-order valence-corrected chi connectivity index (χ3v) is 5.15. The highest BCUT2D eigenvalue weighted by Gasteiger charge is 2.31. The first-order valence-corrected chi connectivity index (χ1v) is 10.2. The molecule has 0 fully saturated rings. The van der Waals surface area contributed by atoms with E-state index in [1.165, 1.54) is 22.3 Å². The summed E-state index contributed by atoms with van der Waals surface area (Å²) >= 11 is 1.32. The molecule has 0 aliphatic heterocycles. The van der Waals surface area contributed by atoms with E-state index >= 15 is 0 Å². The van der Waals surface area contributed by atoms with E-state index in [2.05, 4.69) is 15.1 Å². The topological polar surface area (TPSA) is 52.3 Å². The van der Waals surface area contributed by atoms with Gasteiger partial charge in [-0.25, -0.2) is 9.97 Å². The highest BCUT2D eigenvalue weighted by atomic mass is 32.2. The number of hydrogen-bond donors (Lipinski definition) is 0. The Morgan fingerprint density at radius 1 is 1.07 bits per heavy atom. The number of benzene rings is 2.